The van der Waals surface area contributed by atoms with Crippen LogP contribution in [0.3, 0.4) is 0 Å². The largest absolute Gasteiger partial charge is 0.507 e. The maximum atomic E-state index is 10.9. The van der Waals surface area contributed by atoms with Gasteiger partial charge in [0, 0.05) is 26.5 Å². The molecule has 0 saturated carbocycles. The van der Waals surface area contributed by atoms with Crippen molar-refractivity contribution in [2.24, 2.45) is 0 Å². The molecule has 0 amide bonds. The Kier molecular flexibility index (Phi) is 3.73. The van der Waals surface area contributed by atoms with Crippen LogP contribution in [0.25, 0.3) is 44.5 Å². The highest BCUT2D eigenvalue weighted by Gasteiger charge is 2.16. The molecule has 1 aromatic heterocycles. The van der Waals surface area contributed by atoms with Crippen molar-refractivity contribution in [2.45, 2.75) is 0 Å². The molecule has 1 heterocycles. The Bertz CT molecular complexity index is 1290. The SMILES string of the molecule is Oc1c(-c2cccc3nc(-c4ccccc4)oc23)ccc2cc(Br)ccc12. The van der Waals surface area contributed by atoms with E-state index in [0.717, 1.165) is 37.5 Å². The minimum Gasteiger partial charge on any atom is -0.507 e. The van der Waals surface area contributed by atoms with Crippen LogP contribution in [0.4, 0.5) is 0 Å². The first-order valence-electron chi connectivity index (χ1n) is 8.57. The van der Waals surface area contributed by atoms with Gasteiger partial charge in [0.05, 0.1) is 0 Å². The number of fused-ring (bicyclic) bond motifs is 2. The van der Waals surface area contributed by atoms with Gasteiger partial charge in [0.1, 0.15) is 11.3 Å². The first kappa shape index (κ1) is 16.1. The summed E-state index contributed by atoms with van der Waals surface area (Å²) in [7, 11) is 0. The van der Waals surface area contributed by atoms with Crippen LogP contribution >= 0.6 is 15.9 Å². The average molecular weight is 416 g/mol. The van der Waals surface area contributed by atoms with E-state index in [1.54, 1.807) is 0 Å². The van der Waals surface area contributed by atoms with Crippen LogP contribution < -0.4 is 0 Å². The molecule has 1 N–H and O–H groups in total. The predicted molar refractivity (Wildman–Crippen MR) is 112 cm³/mol. The Hall–Kier alpha value is -3.11. The number of phenolic OH excluding ortho intramolecular Hbond substituents is 1. The van der Waals surface area contributed by atoms with Gasteiger partial charge < -0.3 is 9.52 Å². The third-order valence-corrected chi connectivity index (χ3v) is 5.17. The predicted octanol–water partition coefficient (Wildman–Crippen LogP) is 6.78. The van der Waals surface area contributed by atoms with Crippen molar-refractivity contribution in [3.05, 3.63) is 83.3 Å². The number of phenols is 1. The molecule has 0 radical (unpaired) electrons. The lowest BCUT2D eigenvalue weighted by Gasteiger charge is -2.09. The maximum absolute atomic E-state index is 10.9. The monoisotopic (exact) mass is 415 g/mol. The van der Waals surface area contributed by atoms with E-state index in [1.165, 1.54) is 0 Å². The maximum Gasteiger partial charge on any atom is 0.227 e. The van der Waals surface area contributed by atoms with Gasteiger partial charge in [0.25, 0.3) is 0 Å². The fraction of sp³-hybridized carbons (Fsp3) is 0. The van der Waals surface area contributed by atoms with Crippen molar-refractivity contribution >= 4 is 37.8 Å². The molecule has 3 nitrogen and oxygen atoms in total. The average Bonchev–Trinajstić information content (AvgIpc) is 3.13. The molecular formula is C23H14BrNO2. The molecule has 0 saturated heterocycles. The number of aromatic hydroxyl groups is 1. The van der Waals surface area contributed by atoms with Gasteiger partial charge in [0.15, 0.2) is 5.58 Å². The molecule has 130 valence electrons. The Labute approximate surface area is 164 Å². The summed E-state index contributed by atoms with van der Waals surface area (Å²) in [6.45, 7) is 0. The van der Waals surface area contributed by atoms with E-state index >= 15 is 0 Å². The summed E-state index contributed by atoms with van der Waals surface area (Å²) in [6, 6.07) is 25.4. The summed E-state index contributed by atoms with van der Waals surface area (Å²) in [6.07, 6.45) is 0. The summed E-state index contributed by atoms with van der Waals surface area (Å²) >= 11 is 3.47. The van der Waals surface area contributed by atoms with Gasteiger partial charge in [0.2, 0.25) is 5.89 Å². The van der Waals surface area contributed by atoms with Crippen LogP contribution in [-0.2, 0) is 0 Å². The topological polar surface area (TPSA) is 46.3 Å². The molecule has 0 atom stereocenters. The molecule has 0 fully saturated rings. The normalized spacial score (nSPS) is 11.3. The number of nitrogens with zero attached hydrogens (tertiary/aromatic N) is 1. The van der Waals surface area contributed by atoms with Crippen molar-refractivity contribution in [3.8, 4) is 28.3 Å². The summed E-state index contributed by atoms with van der Waals surface area (Å²) in [5.41, 5.74) is 3.91. The Balaban J connectivity index is 1.74. The molecule has 0 aliphatic carbocycles. The Morgan fingerprint density at radius 3 is 2.52 bits per heavy atom. The third kappa shape index (κ3) is 2.69. The minimum atomic E-state index is 0.241. The van der Waals surface area contributed by atoms with Gasteiger partial charge >= 0.3 is 0 Å². The second-order valence-electron chi connectivity index (χ2n) is 6.37. The second kappa shape index (κ2) is 6.25. The molecule has 0 spiro atoms. The number of halogens is 1. The van der Waals surface area contributed by atoms with Gasteiger partial charge in [-0.3, -0.25) is 0 Å². The van der Waals surface area contributed by atoms with Gasteiger partial charge in [-0.25, -0.2) is 4.98 Å². The lowest BCUT2D eigenvalue weighted by atomic mass is 9.99. The lowest BCUT2D eigenvalue weighted by molar-refractivity contribution is 0.483. The molecule has 5 aromatic rings. The summed E-state index contributed by atoms with van der Waals surface area (Å²) < 4.78 is 7.07. The third-order valence-electron chi connectivity index (χ3n) is 4.68. The zero-order chi connectivity index (χ0) is 18.4. The van der Waals surface area contributed by atoms with E-state index in [-0.39, 0.29) is 5.75 Å². The molecular weight excluding hydrogens is 402 g/mol. The van der Waals surface area contributed by atoms with E-state index in [4.69, 9.17) is 4.42 Å². The second-order valence-corrected chi connectivity index (χ2v) is 7.28. The van der Waals surface area contributed by atoms with E-state index in [9.17, 15) is 5.11 Å². The fourth-order valence-electron chi connectivity index (χ4n) is 3.37. The molecule has 0 bridgehead atoms. The molecule has 0 aliphatic heterocycles. The molecule has 4 heteroatoms. The van der Waals surface area contributed by atoms with Crippen molar-refractivity contribution in [2.75, 3.05) is 0 Å². The lowest BCUT2D eigenvalue weighted by Crippen LogP contribution is -1.83. The van der Waals surface area contributed by atoms with Crippen molar-refractivity contribution in [3.63, 3.8) is 0 Å². The number of benzene rings is 4. The number of para-hydroxylation sites is 1. The van der Waals surface area contributed by atoms with Crippen molar-refractivity contribution in [1.29, 1.82) is 0 Å². The highest BCUT2D eigenvalue weighted by atomic mass is 79.9. The van der Waals surface area contributed by atoms with E-state index in [0.29, 0.717) is 11.5 Å². The smallest absolute Gasteiger partial charge is 0.227 e. The van der Waals surface area contributed by atoms with Gasteiger partial charge in [-0.05, 0) is 47.9 Å². The summed E-state index contributed by atoms with van der Waals surface area (Å²) in [5, 5.41) is 12.7. The van der Waals surface area contributed by atoms with E-state index in [1.807, 2.05) is 78.9 Å². The van der Waals surface area contributed by atoms with Crippen LogP contribution in [0.2, 0.25) is 0 Å². The minimum absolute atomic E-state index is 0.241. The quantitative estimate of drug-likeness (QED) is 0.345. The van der Waals surface area contributed by atoms with Gasteiger partial charge in [-0.2, -0.15) is 0 Å². The van der Waals surface area contributed by atoms with Gasteiger partial charge in [-0.1, -0.05) is 52.3 Å². The standard InChI is InChI=1S/C23H14BrNO2/c24-16-10-12-17-15(13-16)9-11-18(21(17)26)19-7-4-8-20-22(19)27-23(25-20)14-5-2-1-3-6-14/h1-13,26H. The Morgan fingerprint density at radius 1 is 0.815 bits per heavy atom. The van der Waals surface area contributed by atoms with Crippen molar-refractivity contribution < 1.29 is 9.52 Å². The van der Waals surface area contributed by atoms with E-state index in [2.05, 4.69) is 20.9 Å². The molecule has 0 unspecified atom stereocenters. The van der Waals surface area contributed by atoms with Crippen molar-refractivity contribution in [1.82, 2.24) is 4.98 Å². The summed E-state index contributed by atoms with van der Waals surface area (Å²) in [5.74, 6) is 0.812. The zero-order valence-electron chi connectivity index (χ0n) is 14.2. The molecule has 0 aliphatic rings. The highest BCUT2D eigenvalue weighted by molar-refractivity contribution is 9.10. The van der Waals surface area contributed by atoms with E-state index < -0.39 is 0 Å². The van der Waals surface area contributed by atoms with Crippen LogP contribution in [0, 0.1) is 0 Å². The van der Waals surface area contributed by atoms with Crippen LogP contribution in [0.5, 0.6) is 5.75 Å². The first-order valence-corrected chi connectivity index (χ1v) is 9.36. The molecule has 5 rings (SSSR count). The number of hydrogen-bond donors (Lipinski definition) is 1. The van der Waals surface area contributed by atoms with Crippen LogP contribution in [0.1, 0.15) is 0 Å². The van der Waals surface area contributed by atoms with Crippen LogP contribution in [0.15, 0.2) is 87.8 Å². The first-order chi connectivity index (χ1) is 13.2. The number of hydrogen-bond acceptors (Lipinski definition) is 3. The zero-order valence-corrected chi connectivity index (χ0v) is 15.8. The number of aromatic nitrogens is 1. The molecule has 4 aromatic carbocycles. The van der Waals surface area contributed by atoms with Crippen LogP contribution in [-0.4, -0.2) is 10.1 Å². The number of oxazole rings is 1. The highest BCUT2D eigenvalue weighted by Crippen LogP contribution is 2.40. The van der Waals surface area contributed by atoms with Gasteiger partial charge in [-0.15, -0.1) is 0 Å². The fourth-order valence-corrected chi connectivity index (χ4v) is 3.75. The molecule has 27 heavy (non-hydrogen) atoms. The summed E-state index contributed by atoms with van der Waals surface area (Å²) in [4.78, 5) is 4.62. The number of rotatable bonds is 2. The Morgan fingerprint density at radius 2 is 1.67 bits per heavy atom.